The van der Waals surface area contributed by atoms with Crippen molar-refractivity contribution >= 4 is 0 Å². The Labute approximate surface area is 91.1 Å². The maximum absolute atomic E-state index is 5.78. The van der Waals surface area contributed by atoms with E-state index in [0.717, 1.165) is 18.7 Å². The van der Waals surface area contributed by atoms with Crippen molar-refractivity contribution in [3.63, 3.8) is 0 Å². The summed E-state index contributed by atoms with van der Waals surface area (Å²) in [7, 11) is 0. The summed E-state index contributed by atoms with van der Waals surface area (Å²) in [4.78, 5) is 8.86. The number of aromatic nitrogens is 2. The number of hydrogen-bond acceptors (Lipinski definition) is 3. The van der Waals surface area contributed by atoms with E-state index in [1.807, 2.05) is 13.1 Å². The smallest absolute Gasteiger partial charge is 0.144 e. The van der Waals surface area contributed by atoms with Crippen LogP contribution in [-0.2, 0) is 12.8 Å². The van der Waals surface area contributed by atoms with E-state index >= 15 is 0 Å². The summed E-state index contributed by atoms with van der Waals surface area (Å²) in [5.74, 6) is 0.772. The number of fused-ring (bicyclic) bond motifs is 1. The van der Waals surface area contributed by atoms with Gasteiger partial charge in [-0.15, -0.1) is 0 Å². The van der Waals surface area contributed by atoms with Gasteiger partial charge in [0, 0.05) is 11.9 Å². The zero-order valence-electron chi connectivity index (χ0n) is 9.75. The van der Waals surface area contributed by atoms with Gasteiger partial charge in [-0.2, -0.15) is 0 Å². The average Bonchev–Trinajstić information content (AvgIpc) is 2.15. The van der Waals surface area contributed by atoms with Gasteiger partial charge >= 0.3 is 0 Å². The van der Waals surface area contributed by atoms with Crippen LogP contribution >= 0.6 is 0 Å². The van der Waals surface area contributed by atoms with Gasteiger partial charge in [0.15, 0.2) is 0 Å². The highest BCUT2D eigenvalue weighted by Crippen LogP contribution is 2.33. The minimum Gasteiger partial charge on any atom is -0.322 e. The van der Waals surface area contributed by atoms with E-state index in [2.05, 4.69) is 23.8 Å². The van der Waals surface area contributed by atoms with E-state index in [1.54, 1.807) is 0 Å². The Morgan fingerprint density at radius 3 is 2.87 bits per heavy atom. The first-order valence-electron chi connectivity index (χ1n) is 5.58. The lowest BCUT2D eigenvalue weighted by Gasteiger charge is -2.30. The van der Waals surface area contributed by atoms with E-state index in [-0.39, 0.29) is 6.04 Å². The Morgan fingerprint density at radius 2 is 2.20 bits per heavy atom. The molecule has 1 aromatic rings. The van der Waals surface area contributed by atoms with E-state index < -0.39 is 0 Å². The van der Waals surface area contributed by atoms with E-state index in [4.69, 9.17) is 5.73 Å². The first-order valence-corrected chi connectivity index (χ1v) is 5.58. The molecule has 2 N–H and O–H groups in total. The summed E-state index contributed by atoms with van der Waals surface area (Å²) < 4.78 is 0. The van der Waals surface area contributed by atoms with Gasteiger partial charge in [0.25, 0.3) is 0 Å². The molecule has 1 aliphatic carbocycles. The Hall–Kier alpha value is -0.960. The van der Waals surface area contributed by atoms with Gasteiger partial charge in [0.2, 0.25) is 0 Å². The van der Waals surface area contributed by atoms with Crippen molar-refractivity contribution in [3.8, 4) is 0 Å². The third-order valence-corrected chi connectivity index (χ3v) is 3.09. The number of aryl methyl sites for hydroxylation is 1. The van der Waals surface area contributed by atoms with Crippen LogP contribution in [0.1, 0.15) is 50.3 Å². The topological polar surface area (TPSA) is 51.8 Å². The molecule has 1 aliphatic rings. The van der Waals surface area contributed by atoms with Gasteiger partial charge in [-0.05, 0) is 37.2 Å². The highest BCUT2D eigenvalue weighted by Gasteiger charge is 2.26. The molecule has 0 saturated carbocycles. The summed E-state index contributed by atoms with van der Waals surface area (Å²) in [6.07, 6.45) is 5.31. The van der Waals surface area contributed by atoms with Gasteiger partial charge in [0.05, 0.1) is 6.04 Å². The summed E-state index contributed by atoms with van der Waals surface area (Å²) in [5.41, 5.74) is 8.68. The van der Waals surface area contributed by atoms with Gasteiger partial charge in [0.1, 0.15) is 5.82 Å². The monoisotopic (exact) mass is 205 g/mol. The van der Waals surface area contributed by atoms with Crippen molar-refractivity contribution in [2.24, 2.45) is 11.1 Å². The largest absolute Gasteiger partial charge is 0.322 e. The highest BCUT2D eigenvalue weighted by atomic mass is 14.9. The Kier molecular flexibility index (Phi) is 2.51. The standard InChI is InChI=1S/C12H19N3/c1-8(13)11-14-7-9-6-12(2,3)5-4-10(9)15-11/h7-8H,4-6,13H2,1-3H3. The van der Waals surface area contributed by atoms with Crippen molar-refractivity contribution < 1.29 is 0 Å². The first-order chi connectivity index (χ1) is 6.98. The van der Waals surface area contributed by atoms with E-state index in [1.165, 1.54) is 17.7 Å². The van der Waals surface area contributed by atoms with Crippen molar-refractivity contribution in [3.05, 3.63) is 23.3 Å². The van der Waals surface area contributed by atoms with Crippen molar-refractivity contribution in [2.75, 3.05) is 0 Å². The summed E-state index contributed by atoms with van der Waals surface area (Å²) in [6.45, 7) is 6.53. The zero-order valence-corrected chi connectivity index (χ0v) is 9.75. The molecule has 1 aromatic heterocycles. The highest BCUT2D eigenvalue weighted by molar-refractivity contribution is 5.23. The third-order valence-electron chi connectivity index (χ3n) is 3.09. The molecule has 1 atom stereocenters. The van der Waals surface area contributed by atoms with Crippen LogP contribution in [0.15, 0.2) is 6.20 Å². The zero-order chi connectivity index (χ0) is 11.1. The molecular formula is C12H19N3. The fourth-order valence-electron chi connectivity index (χ4n) is 2.10. The molecule has 1 unspecified atom stereocenters. The summed E-state index contributed by atoms with van der Waals surface area (Å²) in [5, 5.41) is 0. The lowest BCUT2D eigenvalue weighted by Crippen LogP contribution is -2.24. The maximum atomic E-state index is 5.78. The molecule has 0 fully saturated rings. The molecule has 15 heavy (non-hydrogen) atoms. The van der Waals surface area contributed by atoms with Crippen LogP contribution in [0.5, 0.6) is 0 Å². The molecular weight excluding hydrogens is 186 g/mol. The van der Waals surface area contributed by atoms with E-state index in [0.29, 0.717) is 5.41 Å². The van der Waals surface area contributed by atoms with Gasteiger partial charge in [-0.25, -0.2) is 9.97 Å². The van der Waals surface area contributed by atoms with Crippen molar-refractivity contribution in [2.45, 2.75) is 46.1 Å². The minimum absolute atomic E-state index is 0.0646. The molecule has 82 valence electrons. The average molecular weight is 205 g/mol. The molecule has 0 bridgehead atoms. The fourth-order valence-corrected chi connectivity index (χ4v) is 2.10. The number of hydrogen-bond donors (Lipinski definition) is 1. The second-order valence-corrected chi connectivity index (χ2v) is 5.33. The van der Waals surface area contributed by atoms with Crippen LogP contribution in [0.2, 0.25) is 0 Å². The second kappa shape index (κ2) is 3.56. The van der Waals surface area contributed by atoms with E-state index in [9.17, 15) is 0 Å². The van der Waals surface area contributed by atoms with Gasteiger partial charge in [-0.3, -0.25) is 0 Å². The number of nitrogens with two attached hydrogens (primary N) is 1. The third kappa shape index (κ3) is 2.17. The second-order valence-electron chi connectivity index (χ2n) is 5.33. The van der Waals surface area contributed by atoms with Crippen molar-refractivity contribution in [1.29, 1.82) is 0 Å². The maximum Gasteiger partial charge on any atom is 0.144 e. The molecule has 0 radical (unpaired) electrons. The SMILES string of the molecule is CC(N)c1ncc2c(n1)CCC(C)(C)C2. The molecule has 1 heterocycles. The molecule has 0 aliphatic heterocycles. The molecule has 2 rings (SSSR count). The minimum atomic E-state index is -0.0646. The normalized spacial score (nSPS) is 20.8. The van der Waals surface area contributed by atoms with Gasteiger partial charge in [-0.1, -0.05) is 13.8 Å². The molecule has 0 spiro atoms. The molecule has 0 aromatic carbocycles. The Morgan fingerprint density at radius 1 is 1.47 bits per heavy atom. The fraction of sp³-hybridized carbons (Fsp3) is 0.667. The van der Waals surface area contributed by atoms with Crippen LogP contribution in [0.4, 0.5) is 0 Å². The predicted octanol–water partition coefficient (Wildman–Crippen LogP) is 2.01. The van der Waals surface area contributed by atoms with Crippen LogP contribution in [0.25, 0.3) is 0 Å². The van der Waals surface area contributed by atoms with Crippen LogP contribution in [0.3, 0.4) is 0 Å². The van der Waals surface area contributed by atoms with Crippen molar-refractivity contribution in [1.82, 2.24) is 9.97 Å². The summed E-state index contributed by atoms with van der Waals surface area (Å²) >= 11 is 0. The first kappa shape index (κ1) is 10.6. The quantitative estimate of drug-likeness (QED) is 0.763. The Bertz CT molecular complexity index is 369. The molecule has 0 amide bonds. The van der Waals surface area contributed by atoms with Gasteiger partial charge < -0.3 is 5.73 Å². The lowest BCUT2D eigenvalue weighted by molar-refractivity contribution is 0.311. The molecule has 3 heteroatoms. The predicted molar refractivity (Wildman–Crippen MR) is 60.4 cm³/mol. The lowest BCUT2D eigenvalue weighted by atomic mass is 9.76. The summed E-state index contributed by atoms with van der Waals surface area (Å²) in [6, 6.07) is -0.0646. The number of nitrogens with zero attached hydrogens (tertiary/aromatic N) is 2. The Balaban J connectivity index is 2.32. The van der Waals surface area contributed by atoms with Crippen LogP contribution in [0, 0.1) is 5.41 Å². The van der Waals surface area contributed by atoms with Crippen LogP contribution in [-0.4, -0.2) is 9.97 Å². The van der Waals surface area contributed by atoms with Crippen LogP contribution < -0.4 is 5.73 Å². The molecule has 0 saturated heterocycles. The number of rotatable bonds is 1. The molecule has 3 nitrogen and oxygen atoms in total.